The molecule has 2 rings (SSSR count). The van der Waals surface area contributed by atoms with Crippen LogP contribution in [0.25, 0.3) is 0 Å². The van der Waals surface area contributed by atoms with E-state index in [1.807, 2.05) is 31.2 Å². The maximum atomic E-state index is 11.3. The van der Waals surface area contributed by atoms with Crippen molar-refractivity contribution in [1.29, 1.82) is 0 Å². The van der Waals surface area contributed by atoms with Crippen LogP contribution in [0, 0.1) is 6.92 Å². The maximum Gasteiger partial charge on any atom is 0.328 e. The van der Waals surface area contributed by atoms with Crippen molar-refractivity contribution in [1.82, 2.24) is 9.55 Å². The van der Waals surface area contributed by atoms with Gasteiger partial charge in [-0.25, -0.2) is 4.79 Å². The van der Waals surface area contributed by atoms with Crippen molar-refractivity contribution in [3.05, 3.63) is 52.1 Å². The predicted octanol–water partition coefficient (Wildman–Crippen LogP) is 1.24. The minimum Gasteiger partial charge on any atom is -0.493 e. The van der Waals surface area contributed by atoms with Crippen LogP contribution in [0.3, 0.4) is 0 Å². The lowest BCUT2D eigenvalue weighted by atomic mass is 10.1. The quantitative estimate of drug-likeness (QED) is 0.773. The molecule has 0 atom stereocenters. The lowest BCUT2D eigenvalue weighted by molar-refractivity contribution is 0.421. The van der Waals surface area contributed by atoms with Crippen molar-refractivity contribution in [2.24, 2.45) is 0 Å². The smallest absolute Gasteiger partial charge is 0.328 e. The maximum absolute atomic E-state index is 11.3. The van der Waals surface area contributed by atoms with Gasteiger partial charge in [0.1, 0.15) is 0 Å². The van der Waals surface area contributed by atoms with Gasteiger partial charge >= 0.3 is 5.69 Å². The highest BCUT2D eigenvalue weighted by Gasteiger charge is 2.04. The Labute approximate surface area is 86.8 Å². The zero-order chi connectivity index (χ0) is 10.8. The molecule has 1 heterocycles. The van der Waals surface area contributed by atoms with Crippen LogP contribution in [0.2, 0.25) is 0 Å². The normalized spacial score (nSPS) is 10.5. The van der Waals surface area contributed by atoms with E-state index in [0.29, 0.717) is 6.54 Å². The summed E-state index contributed by atoms with van der Waals surface area (Å²) in [6, 6.07) is 7.83. The van der Waals surface area contributed by atoms with Crippen LogP contribution in [0.5, 0.6) is 5.88 Å². The van der Waals surface area contributed by atoms with E-state index in [1.165, 1.54) is 16.3 Å². The van der Waals surface area contributed by atoms with Gasteiger partial charge in [0.05, 0.1) is 12.7 Å². The highest BCUT2D eigenvalue weighted by molar-refractivity contribution is 5.22. The van der Waals surface area contributed by atoms with Crippen LogP contribution in [-0.4, -0.2) is 14.7 Å². The number of hydrogen-bond donors (Lipinski definition) is 2. The number of imidazole rings is 1. The van der Waals surface area contributed by atoms with Gasteiger partial charge in [-0.15, -0.1) is 0 Å². The van der Waals surface area contributed by atoms with E-state index in [9.17, 15) is 9.90 Å². The highest BCUT2D eigenvalue weighted by Crippen LogP contribution is 2.08. The highest BCUT2D eigenvalue weighted by atomic mass is 16.3. The van der Waals surface area contributed by atoms with Crippen molar-refractivity contribution < 1.29 is 5.11 Å². The molecule has 0 radical (unpaired) electrons. The summed E-state index contributed by atoms with van der Waals surface area (Å²) < 4.78 is 1.28. The third kappa shape index (κ3) is 1.93. The summed E-state index contributed by atoms with van der Waals surface area (Å²) in [6.07, 6.45) is 1.29. The fourth-order valence-electron chi connectivity index (χ4n) is 1.42. The molecule has 78 valence electrons. The minimum absolute atomic E-state index is 0.0411. The van der Waals surface area contributed by atoms with Crippen LogP contribution in [0.15, 0.2) is 35.3 Å². The second-order valence-electron chi connectivity index (χ2n) is 3.52. The van der Waals surface area contributed by atoms with Gasteiger partial charge in [0, 0.05) is 0 Å². The molecule has 0 spiro atoms. The Morgan fingerprint density at radius 2 is 2.00 bits per heavy atom. The number of nitrogens with zero attached hydrogens (tertiary/aromatic N) is 1. The number of benzene rings is 1. The first-order valence-electron chi connectivity index (χ1n) is 4.69. The minimum atomic E-state index is -0.298. The van der Waals surface area contributed by atoms with E-state index in [1.54, 1.807) is 0 Å². The summed E-state index contributed by atoms with van der Waals surface area (Å²) in [6.45, 7) is 2.39. The first-order valence-corrected chi connectivity index (χ1v) is 4.69. The SMILES string of the molecule is Cc1ccc(Cn2c(O)c[nH]c2=O)cc1. The van der Waals surface area contributed by atoms with Crippen LogP contribution in [0.4, 0.5) is 0 Å². The standard InChI is InChI=1S/C11H12N2O2/c1-8-2-4-9(5-3-8)7-13-10(14)6-12-11(13)15/h2-6,14H,7H2,1H3,(H,12,15). The second-order valence-corrected chi connectivity index (χ2v) is 3.52. The molecule has 0 bridgehead atoms. The number of nitrogens with one attached hydrogen (secondary N) is 1. The summed E-state index contributed by atoms with van der Waals surface area (Å²) in [5.74, 6) is -0.0411. The topological polar surface area (TPSA) is 58.0 Å². The average Bonchev–Trinajstić information content (AvgIpc) is 2.53. The summed E-state index contributed by atoms with van der Waals surface area (Å²) >= 11 is 0. The Kier molecular flexibility index (Phi) is 2.33. The Bertz CT molecular complexity index is 508. The molecule has 0 saturated carbocycles. The lowest BCUT2D eigenvalue weighted by Gasteiger charge is -2.03. The summed E-state index contributed by atoms with van der Waals surface area (Å²) in [5.41, 5.74) is 1.86. The van der Waals surface area contributed by atoms with Gasteiger partial charge < -0.3 is 10.1 Å². The number of H-pyrrole nitrogens is 1. The van der Waals surface area contributed by atoms with Crippen LogP contribution >= 0.6 is 0 Å². The third-order valence-electron chi connectivity index (χ3n) is 2.31. The number of aromatic nitrogens is 2. The summed E-state index contributed by atoms with van der Waals surface area (Å²) in [5, 5.41) is 9.38. The number of aryl methyl sites for hydroxylation is 1. The molecule has 4 heteroatoms. The van der Waals surface area contributed by atoms with E-state index < -0.39 is 0 Å². The second kappa shape index (κ2) is 3.65. The molecule has 15 heavy (non-hydrogen) atoms. The van der Waals surface area contributed by atoms with Gasteiger partial charge in [-0.3, -0.25) is 4.57 Å². The number of hydrogen-bond acceptors (Lipinski definition) is 2. The first-order chi connectivity index (χ1) is 7.16. The predicted molar refractivity (Wildman–Crippen MR) is 57.0 cm³/mol. The van der Waals surface area contributed by atoms with Gasteiger partial charge in [0.25, 0.3) is 0 Å². The van der Waals surface area contributed by atoms with Crippen LogP contribution in [-0.2, 0) is 6.54 Å². The van der Waals surface area contributed by atoms with Crippen molar-refractivity contribution in [2.75, 3.05) is 0 Å². The van der Waals surface area contributed by atoms with E-state index in [2.05, 4.69) is 4.98 Å². The fraction of sp³-hybridized carbons (Fsp3) is 0.182. The Morgan fingerprint density at radius 3 is 2.53 bits per heavy atom. The molecule has 2 aromatic rings. The van der Waals surface area contributed by atoms with Crippen molar-refractivity contribution in [3.8, 4) is 5.88 Å². The lowest BCUT2D eigenvalue weighted by Crippen LogP contribution is -2.17. The van der Waals surface area contributed by atoms with Gasteiger partial charge in [-0.05, 0) is 12.5 Å². The molecule has 0 unspecified atom stereocenters. The molecule has 0 aliphatic heterocycles. The van der Waals surface area contributed by atoms with E-state index in [0.717, 1.165) is 5.56 Å². The molecule has 0 saturated heterocycles. The molecule has 0 fully saturated rings. The molecule has 2 N–H and O–H groups in total. The zero-order valence-electron chi connectivity index (χ0n) is 8.40. The van der Waals surface area contributed by atoms with Crippen molar-refractivity contribution in [3.63, 3.8) is 0 Å². The molecule has 0 aliphatic carbocycles. The van der Waals surface area contributed by atoms with Gasteiger partial charge in [0.2, 0.25) is 5.88 Å². The van der Waals surface area contributed by atoms with E-state index in [-0.39, 0.29) is 11.6 Å². The molecular weight excluding hydrogens is 192 g/mol. The molecule has 0 amide bonds. The van der Waals surface area contributed by atoms with Crippen molar-refractivity contribution >= 4 is 0 Å². The largest absolute Gasteiger partial charge is 0.493 e. The van der Waals surface area contributed by atoms with Crippen molar-refractivity contribution in [2.45, 2.75) is 13.5 Å². The Hall–Kier alpha value is -1.97. The van der Waals surface area contributed by atoms with Gasteiger partial charge in [-0.2, -0.15) is 0 Å². The molecule has 1 aromatic heterocycles. The van der Waals surface area contributed by atoms with Gasteiger partial charge in [-0.1, -0.05) is 29.8 Å². The number of aromatic hydroxyl groups is 1. The molecule has 0 aliphatic rings. The number of aromatic amines is 1. The fourth-order valence-corrected chi connectivity index (χ4v) is 1.42. The van der Waals surface area contributed by atoms with Crippen LogP contribution in [0.1, 0.15) is 11.1 Å². The first kappa shape index (κ1) is 9.58. The summed E-state index contributed by atoms with van der Waals surface area (Å²) in [4.78, 5) is 13.7. The third-order valence-corrected chi connectivity index (χ3v) is 2.31. The zero-order valence-corrected chi connectivity index (χ0v) is 8.40. The van der Waals surface area contributed by atoms with E-state index in [4.69, 9.17) is 0 Å². The van der Waals surface area contributed by atoms with E-state index >= 15 is 0 Å². The summed E-state index contributed by atoms with van der Waals surface area (Å²) in [7, 11) is 0. The Balaban J connectivity index is 2.29. The van der Waals surface area contributed by atoms with Crippen LogP contribution < -0.4 is 5.69 Å². The molecule has 4 nitrogen and oxygen atoms in total. The monoisotopic (exact) mass is 204 g/mol. The average molecular weight is 204 g/mol. The number of rotatable bonds is 2. The molecule has 1 aromatic carbocycles. The Morgan fingerprint density at radius 1 is 1.33 bits per heavy atom. The molecular formula is C11H12N2O2. The van der Waals surface area contributed by atoms with Gasteiger partial charge in [0.15, 0.2) is 0 Å².